The van der Waals surface area contributed by atoms with Crippen LogP contribution in [0.25, 0.3) is 0 Å². The molecule has 0 aliphatic carbocycles. The number of alkyl halides is 3. The predicted molar refractivity (Wildman–Crippen MR) is 99.2 cm³/mol. The third-order valence-corrected chi connectivity index (χ3v) is 4.43. The van der Waals surface area contributed by atoms with Gasteiger partial charge in [0.05, 0.1) is 24.1 Å². The Labute approximate surface area is 164 Å². The molecule has 0 radical (unpaired) electrons. The van der Waals surface area contributed by atoms with E-state index in [9.17, 15) is 18.0 Å². The zero-order chi connectivity index (χ0) is 21.8. The molecule has 0 spiro atoms. The molecule has 0 saturated carbocycles. The second-order valence-electron chi connectivity index (χ2n) is 6.41. The van der Waals surface area contributed by atoms with E-state index >= 15 is 0 Å². The molecule has 8 nitrogen and oxygen atoms in total. The summed E-state index contributed by atoms with van der Waals surface area (Å²) in [5.74, 6) is -2.94. The van der Waals surface area contributed by atoms with Crippen molar-refractivity contribution >= 4 is 23.3 Å². The van der Waals surface area contributed by atoms with Crippen LogP contribution in [0.5, 0.6) is 0 Å². The van der Waals surface area contributed by atoms with E-state index in [0.717, 1.165) is 25.3 Å². The Kier molecular flexibility index (Phi) is 6.72. The largest absolute Gasteiger partial charge is 0.490 e. The van der Waals surface area contributed by atoms with Crippen LogP contribution >= 0.6 is 0 Å². The molecule has 1 aromatic heterocycles. The Morgan fingerprint density at radius 3 is 2.21 bits per heavy atom. The second kappa shape index (κ2) is 8.84. The molecule has 0 fully saturated rings. The Hall–Kier alpha value is -3.24. The summed E-state index contributed by atoms with van der Waals surface area (Å²) in [7, 11) is 3.85. The molecular weight excluding hydrogens is 393 g/mol. The van der Waals surface area contributed by atoms with Crippen molar-refractivity contribution in [1.29, 1.82) is 0 Å². The maximum absolute atomic E-state index is 11.1. The topological polar surface area (TPSA) is 98.9 Å². The van der Waals surface area contributed by atoms with Gasteiger partial charge in [-0.2, -0.15) is 13.2 Å². The van der Waals surface area contributed by atoms with Gasteiger partial charge < -0.3 is 24.6 Å². The number of para-hydroxylation sites is 2. The molecule has 0 saturated heterocycles. The van der Waals surface area contributed by atoms with Crippen molar-refractivity contribution < 1.29 is 33.0 Å². The van der Waals surface area contributed by atoms with Gasteiger partial charge >= 0.3 is 18.1 Å². The summed E-state index contributed by atoms with van der Waals surface area (Å²) in [4.78, 5) is 28.8. The molecule has 0 unspecified atom stereocenters. The lowest BCUT2D eigenvalue weighted by Crippen LogP contribution is -2.25. The molecule has 2 heterocycles. The van der Waals surface area contributed by atoms with Crippen LogP contribution in [-0.4, -0.2) is 58.0 Å². The van der Waals surface area contributed by atoms with Crippen LogP contribution in [0.1, 0.15) is 22.7 Å². The maximum Gasteiger partial charge on any atom is 0.490 e. The summed E-state index contributed by atoms with van der Waals surface area (Å²) in [5, 5.41) is 16.3. The molecule has 2 N–H and O–H groups in total. The van der Waals surface area contributed by atoms with Crippen molar-refractivity contribution in [3.63, 3.8) is 0 Å². The minimum atomic E-state index is -5.08. The average molecular weight is 414 g/mol. The molecule has 29 heavy (non-hydrogen) atoms. The van der Waals surface area contributed by atoms with Crippen LogP contribution in [-0.2, 0) is 18.4 Å². The van der Waals surface area contributed by atoms with Gasteiger partial charge in [-0.05, 0) is 18.6 Å². The lowest BCUT2D eigenvalue weighted by Gasteiger charge is -2.25. The number of anilines is 2. The van der Waals surface area contributed by atoms with Crippen molar-refractivity contribution in [3.05, 3.63) is 42.0 Å². The van der Waals surface area contributed by atoms with Gasteiger partial charge in [-0.1, -0.05) is 12.1 Å². The monoisotopic (exact) mass is 414 g/mol. The van der Waals surface area contributed by atoms with Crippen LogP contribution in [0.2, 0.25) is 0 Å². The molecule has 0 amide bonds. The molecule has 1 aromatic carbocycles. The molecular formula is C18H21F3N4O4. The summed E-state index contributed by atoms with van der Waals surface area (Å²) in [5.41, 5.74) is 2.59. The number of nitrogens with zero attached hydrogens (tertiary/aromatic N) is 4. The Morgan fingerprint density at radius 2 is 1.69 bits per heavy atom. The molecule has 158 valence electrons. The number of imidazole rings is 1. The lowest BCUT2D eigenvalue weighted by molar-refractivity contribution is -0.192. The summed E-state index contributed by atoms with van der Waals surface area (Å²) >= 11 is 0. The van der Waals surface area contributed by atoms with Crippen molar-refractivity contribution in [1.82, 2.24) is 9.55 Å². The first-order valence-electron chi connectivity index (χ1n) is 8.61. The maximum atomic E-state index is 11.1. The molecule has 0 bridgehead atoms. The number of carboxylic acid groups (broad SMARTS) is 2. The quantitative estimate of drug-likeness (QED) is 0.797. The number of hydrogen-bond donors (Lipinski definition) is 2. The number of fused-ring (bicyclic) bond motifs is 1. The SMILES string of the molecule is CN1CCCN(Cc2ncc(C(=O)O)n2C)c2ccccc21.O=C(O)C(F)(F)F. The van der Waals surface area contributed by atoms with Gasteiger partial charge in [-0.15, -0.1) is 0 Å². The highest BCUT2D eigenvalue weighted by molar-refractivity contribution is 5.85. The van der Waals surface area contributed by atoms with Crippen molar-refractivity contribution in [3.8, 4) is 0 Å². The van der Waals surface area contributed by atoms with E-state index in [0.29, 0.717) is 6.54 Å². The van der Waals surface area contributed by atoms with Crippen LogP contribution in [0.3, 0.4) is 0 Å². The number of hydrogen-bond acceptors (Lipinski definition) is 5. The number of aromatic carboxylic acids is 1. The fourth-order valence-corrected chi connectivity index (χ4v) is 2.92. The second-order valence-corrected chi connectivity index (χ2v) is 6.41. The van der Waals surface area contributed by atoms with E-state index in [-0.39, 0.29) is 5.69 Å². The standard InChI is InChI=1S/C16H20N4O2.C2HF3O2/c1-18-8-5-9-20(13-7-4-3-6-12(13)18)11-15-17-10-14(16(21)22)19(15)2;3-2(4,5)1(6)7/h3-4,6-7,10H,5,8-9,11H2,1-2H3,(H,21,22);(H,6,7). The molecule has 1 aliphatic rings. The Bertz CT molecular complexity index is 882. The number of rotatable bonds is 3. The fraction of sp³-hybridized carbons (Fsp3) is 0.389. The van der Waals surface area contributed by atoms with E-state index in [1.54, 1.807) is 11.6 Å². The van der Waals surface area contributed by atoms with Crippen molar-refractivity contribution in [2.24, 2.45) is 7.05 Å². The van der Waals surface area contributed by atoms with Crippen molar-refractivity contribution in [2.75, 3.05) is 29.9 Å². The van der Waals surface area contributed by atoms with Crippen LogP contribution in [0, 0.1) is 0 Å². The molecule has 11 heteroatoms. The van der Waals surface area contributed by atoms with Gasteiger partial charge in [0.15, 0.2) is 0 Å². The minimum absolute atomic E-state index is 0.218. The van der Waals surface area contributed by atoms with Gasteiger partial charge in [0.2, 0.25) is 0 Å². The first-order valence-corrected chi connectivity index (χ1v) is 8.61. The smallest absolute Gasteiger partial charge is 0.477 e. The van der Waals surface area contributed by atoms with Crippen LogP contribution in [0.15, 0.2) is 30.5 Å². The van der Waals surface area contributed by atoms with Gasteiger partial charge in [-0.3, -0.25) is 0 Å². The zero-order valence-electron chi connectivity index (χ0n) is 15.8. The van der Waals surface area contributed by atoms with Gasteiger partial charge in [0.1, 0.15) is 11.5 Å². The normalized spacial score (nSPS) is 13.8. The molecule has 1 aliphatic heterocycles. The third kappa shape index (κ3) is 5.39. The highest BCUT2D eigenvalue weighted by Gasteiger charge is 2.38. The summed E-state index contributed by atoms with van der Waals surface area (Å²) in [6.45, 7) is 2.54. The highest BCUT2D eigenvalue weighted by Crippen LogP contribution is 2.32. The molecule has 0 atom stereocenters. The first kappa shape index (κ1) is 22.1. The van der Waals surface area contributed by atoms with Gasteiger partial charge in [0, 0.05) is 27.2 Å². The predicted octanol–water partition coefficient (Wildman–Crippen LogP) is 2.60. The van der Waals surface area contributed by atoms with Crippen LogP contribution in [0.4, 0.5) is 24.5 Å². The number of carbonyl (C=O) groups is 2. The van der Waals surface area contributed by atoms with Gasteiger partial charge in [-0.25, -0.2) is 14.6 Å². The third-order valence-electron chi connectivity index (χ3n) is 4.43. The van der Waals surface area contributed by atoms with E-state index in [1.165, 1.54) is 17.6 Å². The van der Waals surface area contributed by atoms with Crippen molar-refractivity contribution in [2.45, 2.75) is 19.1 Å². The lowest BCUT2D eigenvalue weighted by atomic mass is 10.2. The number of benzene rings is 1. The van der Waals surface area contributed by atoms with Gasteiger partial charge in [0.25, 0.3) is 0 Å². The number of aromatic nitrogens is 2. The first-order chi connectivity index (χ1) is 13.5. The van der Waals surface area contributed by atoms with E-state index in [1.807, 2.05) is 12.1 Å². The zero-order valence-corrected chi connectivity index (χ0v) is 15.8. The number of aliphatic carboxylic acids is 1. The summed E-state index contributed by atoms with van der Waals surface area (Å²) in [6, 6.07) is 8.31. The average Bonchev–Trinajstić information content (AvgIpc) is 2.92. The Balaban J connectivity index is 0.000000370. The number of carboxylic acids is 2. The van der Waals surface area contributed by atoms with Crippen LogP contribution < -0.4 is 9.80 Å². The highest BCUT2D eigenvalue weighted by atomic mass is 19.4. The number of halogens is 3. The minimum Gasteiger partial charge on any atom is -0.477 e. The Morgan fingerprint density at radius 1 is 1.10 bits per heavy atom. The van der Waals surface area contributed by atoms with E-state index in [4.69, 9.17) is 15.0 Å². The summed E-state index contributed by atoms with van der Waals surface area (Å²) < 4.78 is 33.4. The van der Waals surface area contributed by atoms with E-state index < -0.39 is 18.1 Å². The fourth-order valence-electron chi connectivity index (χ4n) is 2.92. The molecule has 3 rings (SSSR count). The van der Waals surface area contributed by atoms with E-state index in [2.05, 4.69) is 34.0 Å². The summed E-state index contributed by atoms with van der Waals surface area (Å²) in [6.07, 6.45) is -2.60. The molecule has 2 aromatic rings.